The molecule has 1 aromatic carbocycles. The van der Waals surface area contributed by atoms with Gasteiger partial charge in [0.15, 0.2) is 0 Å². The highest BCUT2D eigenvalue weighted by molar-refractivity contribution is 5.99. The summed E-state index contributed by atoms with van der Waals surface area (Å²) in [6.07, 6.45) is 11.7. The Balaban J connectivity index is 1.40. The summed E-state index contributed by atoms with van der Waals surface area (Å²) in [4.78, 5) is 29.3. The number of hydrogen-bond donors (Lipinski definition) is 0. The van der Waals surface area contributed by atoms with E-state index in [9.17, 15) is 4.79 Å². The summed E-state index contributed by atoms with van der Waals surface area (Å²) in [6.45, 7) is 2.84. The van der Waals surface area contributed by atoms with Gasteiger partial charge in [-0.15, -0.1) is 0 Å². The fraction of sp³-hybridized carbons (Fsp3) is 0.333. The SMILES string of the molecule is CCc1cnc(CC[C@@H]2CCCN2C(=O)c2c(-c3ccccc3)nc3occn23)nc1. The summed E-state index contributed by atoms with van der Waals surface area (Å²) in [6, 6.07) is 9.97. The summed E-state index contributed by atoms with van der Waals surface area (Å²) in [7, 11) is 0. The summed E-state index contributed by atoms with van der Waals surface area (Å²) >= 11 is 0. The van der Waals surface area contributed by atoms with Crippen LogP contribution in [0.5, 0.6) is 0 Å². The van der Waals surface area contributed by atoms with Crippen molar-refractivity contribution in [3.05, 3.63) is 72.3 Å². The van der Waals surface area contributed by atoms with E-state index >= 15 is 0 Å². The smallest absolute Gasteiger partial charge is 0.306 e. The molecule has 0 saturated carbocycles. The van der Waals surface area contributed by atoms with Crippen LogP contribution in [0.2, 0.25) is 0 Å². The predicted octanol–water partition coefficient (Wildman–Crippen LogP) is 4.18. The first-order valence-electron chi connectivity index (χ1n) is 10.9. The second-order valence-corrected chi connectivity index (χ2v) is 7.92. The van der Waals surface area contributed by atoms with Crippen LogP contribution in [-0.2, 0) is 12.8 Å². The van der Waals surface area contributed by atoms with E-state index in [0.29, 0.717) is 17.2 Å². The van der Waals surface area contributed by atoms with Gasteiger partial charge in [-0.25, -0.2) is 9.97 Å². The highest BCUT2D eigenvalue weighted by Crippen LogP contribution is 2.29. The normalized spacial score (nSPS) is 16.3. The van der Waals surface area contributed by atoms with Crippen LogP contribution in [0, 0.1) is 0 Å². The lowest BCUT2D eigenvalue weighted by Gasteiger charge is -2.24. The minimum Gasteiger partial charge on any atom is -0.432 e. The van der Waals surface area contributed by atoms with Crippen molar-refractivity contribution in [3.8, 4) is 11.3 Å². The van der Waals surface area contributed by atoms with Gasteiger partial charge in [0.25, 0.3) is 5.91 Å². The number of fused-ring (bicyclic) bond motifs is 1. The number of oxazole rings is 1. The Hall–Kier alpha value is -3.48. The molecule has 1 fully saturated rings. The number of imidazole rings is 1. The summed E-state index contributed by atoms with van der Waals surface area (Å²) < 4.78 is 7.25. The molecule has 1 aliphatic rings. The highest BCUT2D eigenvalue weighted by atomic mass is 16.3. The second-order valence-electron chi connectivity index (χ2n) is 7.92. The van der Waals surface area contributed by atoms with Crippen molar-refractivity contribution in [1.82, 2.24) is 24.3 Å². The number of hydrogen-bond acceptors (Lipinski definition) is 5. The van der Waals surface area contributed by atoms with Gasteiger partial charge in [-0.1, -0.05) is 37.3 Å². The average molecular weight is 415 g/mol. The van der Waals surface area contributed by atoms with E-state index in [1.165, 1.54) is 0 Å². The minimum absolute atomic E-state index is 0.00231. The van der Waals surface area contributed by atoms with Crippen molar-refractivity contribution >= 4 is 11.8 Å². The monoisotopic (exact) mass is 415 g/mol. The highest BCUT2D eigenvalue weighted by Gasteiger charge is 2.33. The van der Waals surface area contributed by atoms with Gasteiger partial charge in [-0.05, 0) is 31.2 Å². The quantitative estimate of drug-likeness (QED) is 0.472. The molecule has 158 valence electrons. The molecule has 4 heterocycles. The molecule has 4 aromatic rings. The zero-order valence-electron chi connectivity index (χ0n) is 17.6. The van der Waals surface area contributed by atoms with Crippen molar-refractivity contribution in [3.63, 3.8) is 0 Å². The molecule has 5 rings (SSSR count). The number of nitrogens with zero attached hydrogens (tertiary/aromatic N) is 5. The molecule has 7 heteroatoms. The van der Waals surface area contributed by atoms with Crippen molar-refractivity contribution in [2.24, 2.45) is 0 Å². The zero-order chi connectivity index (χ0) is 21.2. The van der Waals surface area contributed by atoms with Gasteiger partial charge in [-0.2, -0.15) is 4.98 Å². The van der Waals surface area contributed by atoms with Gasteiger partial charge in [0.2, 0.25) is 0 Å². The third kappa shape index (κ3) is 3.71. The lowest BCUT2D eigenvalue weighted by atomic mass is 10.1. The Kier molecular flexibility index (Phi) is 5.24. The van der Waals surface area contributed by atoms with E-state index in [2.05, 4.69) is 21.9 Å². The van der Waals surface area contributed by atoms with E-state index in [0.717, 1.165) is 55.6 Å². The number of aryl methyl sites for hydroxylation is 2. The predicted molar refractivity (Wildman–Crippen MR) is 117 cm³/mol. The van der Waals surface area contributed by atoms with Crippen molar-refractivity contribution in [2.75, 3.05) is 6.54 Å². The first-order valence-corrected chi connectivity index (χ1v) is 10.9. The topological polar surface area (TPSA) is 76.5 Å². The van der Waals surface area contributed by atoms with E-state index in [4.69, 9.17) is 4.42 Å². The van der Waals surface area contributed by atoms with Gasteiger partial charge in [0, 0.05) is 43.2 Å². The van der Waals surface area contributed by atoms with E-state index < -0.39 is 0 Å². The van der Waals surface area contributed by atoms with Crippen LogP contribution in [0.4, 0.5) is 0 Å². The van der Waals surface area contributed by atoms with Gasteiger partial charge >= 0.3 is 5.84 Å². The van der Waals surface area contributed by atoms with E-state index in [1.54, 1.807) is 16.9 Å². The molecular formula is C24H25N5O2. The maximum absolute atomic E-state index is 13.7. The second kappa shape index (κ2) is 8.34. The van der Waals surface area contributed by atoms with Crippen LogP contribution < -0.4 is 0 Å². The van der Waals surface area contributed by atoms with Crippen molar-refractivity contribution < 1.29 is 9.21 Å². The number of carbonyl (C=O) groups excluding carboxylic acids is 1. The molecule has 3 aromatic heterocycles. The van der Waals surface area contributed by atoms with Crippen molar-refractivity contribution in [1.29, 1.82) is 0 Å². The Labute approximate surface area is 180 Å². The summed E-state index contributed by atoms with van der Waals surface area (Å²) in [5.41, 5.74) is 3.27. The molecule has 1 atom stereocenters. The van der Waals surface area contributed by atoms with Gasteiger partial charge < -0.3 is 9.32 Å². The summed E-state index contributed by atoms with van der Waals surface area (Å²) in [5, 5.41) is 0. The molecule has 1 amide bonds. The van der Waals surface area contributed by atoms with E-state index in [1.807, 2.05) is 47.6 Å². The number of amides is 1. The standard InChI is InChI=1S/C24H25N5O2/c1-2-17-15-25-20(26-16-17)11-10-19-9-6-12-28(19)23(30)22-21(18-7-4-3-5-8-18)27-24-29(22)13-14-31-24/h3-5,7-8,13-16,19H,2,6,9-12H2,1H3/t19-/m0/s1. The van der Waals surface area contributed by atoms with Gasteiger partial charge in [-0.3, -0.25) is 9.20 Å². The molecule has 0 N–H and O–H groups in total. The van der Waals surface area contributed by atoms with E-state index in [-0.39, 0.29) is 11.9 Å². The lowest BCUT2D eigenvalue weighted by molar-refractivity contribution is 0.0724. The van der Waals surface area contributed by atoms with Crippen LogP contribution >= 0.6 is 0 Å². The Morgan fingerprint density at radius 3 is 2.77 bits per heavy atom. The largest absolute Gasteiger partial charge is 0.432 e. The molecular weight excluding hydrogens is 390 g/mol. The Morgan fingerprint density at radius 2 is 2.00 bits per heavy atom. The number of carbonyl (C=O) groups is 1. The third-order valence-electron chi connectivity index (χ3n) is 6.02. The van der Waals surface area contributed by atoms with Gasteiger partial charge in [0.05, 0.1) is 0 Å². The fourth-order valence-electron chi connectivity index (χ4n) is 4.32. The first-order chi connectivity index (χ1) is 15.2. The number of rotatable bonds is 6. The van der Waals surface area contributed by atoms with Crippen molar-refractivity contribution in [2.45, 2.75) is 45.1 Å². The Morgan fingerprint density at radius 1 is 1.19 bits per heavy atom. The van der Waals surface area contributed by atoms with Crippen LogP contribution in [0.15, 0.2) is 59.6 Å². The fourth-order valence-corrected chi connectivity index (χ4v) is 4.32. The number of benzene rings is 1. The third-order valence-corrected chi connectivity index (χ3v) is 6.02. The number of aromatic nitrogens is 4. The molecule has 0 spiro atoms. The minimum atomic E-state index is -0.00231. The van der Waals surface area contributed by atoms with Crippen LogP contribution in [-0.4, -0.2) is 42.7 Å². The molecule has 31 heavy (non-hydrogen) atoms. The molecule has 1 saturated heterocycles. The first kappa shape index (κ1) is 19.5. The van der Waals surface area contributed by atoms with Crippen LogP contribution in [0.1, 0.15) is 48.1 Å². The lowest BCUT2D eigenvalue weighted by Crippen LogP contribution is -2.36. The van der Waals surface area contributed by atoms with Gasteiger partial charge in [0.1, 0.15) is 23.5 Å². The molecule has 1 aliphatic heterocycles. The Bertz CT molecular complexity index is 1180. The molecule has 0 bridgehead atoms. The average Bonchev–Trinajstić information content (AvgIpc) is 3.54. The maximum atomic E-state index is 13.7. The number of likely N-dealkylation sites (tertiary alicyclic amines) is 1. The zero-order valence-corrected chi connectivity index (χ0v) is 17.6. The molecule has 0 aliphatic carbocycles. The molecule has 7 nitrogen and oxygen atoms in total. The summed E-state index contributed by atoms with van der Waals surface area (Å²) in [5.74, 6) is 1.27. The molecule has 0 unspecified atom stereocenters. The molecule has 0 radical (unpaired) electrons. The van der Waals surface area contributed by atoms with Crippen LogP contribution in [0.25, 0.3) is 17.1 Å². The maximum Gasteiger partial charge on any atom is 0.306 e. The van der Waals surface area contributed by atoms with Crippen LogP contribution in [0.3, 0.4) is 0 Å².